The van der Waals surface area contributed by atoms with E-state index in [1.807, 2.05) is 36.6 Å². The van der Waals surface area contributed by atoms with E-state index in [1.165, 1.54) is 16.1 Å². The van der Waals surface area contributed by atoms with Gasteiger partial charge in [0.15, 0.2) is 5.16 Å². The van der Waals surface area contributed by atoms with Crippen LogP contribution in [0.5, 0.6) is 0 Å². The molecule has 0 atom stereocenters. The molecule has 0 bridgehead atoms. The molecule has 0 radical (unpaired) electrons. The summed E-state index contributed by atoms with van der Waals surface area (Å²) in [5.41, 5.74) is 1.99. The molecular weight excluding hydrogens is 450 g/mol. The van der Waals surface area contributed by atoms with E-state index in [2.05, 4.69) is 10.2 Å². The van der Waals surface area contributed by atoms with Crippen molar-refractivity contribution >= 4 is 27.7 Å². The smallest absolute Gasteiger partial charge is 0.243 e. The van der Waals surface area contributed by atoms with Gasteiger partial charge in [-0.15, -0.1) is 10.2 Å². The van der Waals surface area contributed by atoms with Crippen LogP contribution in [0.1, 0.15) is 16.9 Å². The molecule has 2 aromatic heterocycles. The molecule has 1 aliphatic rings. The van der Waals surface area contributed by atoms with Crippen LogP contribution in [0.3, 0.4) is 0 Å². The fraction of sp³-hybridized carbons (Fsp3) is 0.381. The molecule has 1 aliphatic heterocycles. The summed E-state index contributed by atoms with van der Waals surface area (Å²) in [5.74, 6) is 0.936. The minimum atomic E-state index is -3.57. The Morgan fingerprint density at radius 1 is 1.12 bits per heavy atom. The first-order valence-electron chi connectivity index (χ1n) is 10.2. The van der Waals surface area contributed by atoms with Gasteiger partial charge in [-0.3, -0.25) is 4.79 Å². The Labute approximate surface area is 191 Å². The molecule has 0 spiro atoms. The summed E-state index contributed by atoms with van der Waals surface area (Å²) in [6.45, 7) is 5.63. The van der Waals surface area contributed by atoms with Crippen molar-refractivity contribution in [1.29, 1.82) is 0 Å². The number of amides is 1. The van der Waals surface area contributed by atoms with Gasteiger partial charge in [0.2, 0.25) is 15.9 Å². The molecule has 4 rings (SSSR count). The highest BCUT2D eigenvalue weighted by atomic mass is 32.2. The van der Waals surface area contributed by atoms with Crippen molar-refractivity contribution in [2.45, 2.75) is 30.4 Å². The fourth-order valence-corrected chi connectivity index (χ4v) is 5.78. The van der Waals surface area contributed by atoms with Gasteiger partial charge in [-0.1, -0.05) is 17.8 Å². The third-order valence-corrected chi connectivity index (χ3v) is 8.38. The van der Waals surface area contributed by atoms with Gasteiger partial charge in [-0.2, -0.15) is 4.31 Å². The van der Waals surface area contributed by atoms with E-state index in [1.54, 1.807) is 29.6 Å². The number of carbonyl (C=O) groups excluding carboxylic acids is 1. The minimum Gasteiger partial charge on any atom is -0.467 e. The van der Waals surface area contributed by atoms with Crippen LogP contribution in [0.25, 0.3) is 0 Å². The third-order valence-electron chi connectivity index (χ3n) is 5.52. The standard InChI is InChI=1S/C21H25N5O4S2/c1-16-5-6-19(12-17(16)2)32(28,29)26-9-7-24(8-10-26)20(27)14-31-21-23-22-15-25(21)13-18-4-3-11-30-18/h3-6,11-12,15H,7-10,13-14H2,1-2H3. The molecule has 9 nitrogen and oxygen atoms in total. The number of aromatic nitrogens is 3. The molecule has 32 heavy (non-hydrogen) atoms. The molecule has 0 saturated carbocycles. The largest absolute Gasteiger partial charge is 0.467 e. The number of carbonyl (C=O) groups is 1. The van der Waals surface area contributed by atoms with Gasteiger partial charge in [-0.25, -0.2) is 8.42 Å². The monoisotopic (exact) mass is 475 g/mol. The second kappa shape index (κ2) is 9.47. The first-order chi connectivity index (χ1) is 15.3. The maximum atomic E-state index is 13.0. The highest BCUT2D eigenvalue weighted by Crippen LogP contribution is 2.22. The lowest BCUT2D eigenvalue weighted by Gasteiger charge is -2.34. The van der Waals surface area contributed by atoms with Crippen molar-refractivity contribution < 1.29 is 17.6 Å². The summed E-state index contributed by atoms with van der Waals surface area (Å²) >= 11 is 1.31. The van der Waals surface area contributed by atoms with Gasteiger partial charge in [0.05, 0.1) is 23.5 Å². The number of furan rings is 1. The number of nitrogens with zero attached hydrogens (tertiary/aromatic N) is 5. The van der Waals surface area contributed by atoms with Gasteiger partial charge in [0.25, 0.3) is 0 Å². The van der Waals surface area contributed by atoms with E-state index in [4.69, 9.17) is 4.42 Å². The normalized spacial score (nSPS) is 15.2. The summed E-state index contributed by atoms with van der Waals surface area (Å²) in [6, 6.07) is 8.85. The van der Waals surface area contributed by atoms with E-state index in [-0.39, 0.29) is 24.7 Å². The van der Waals surface area contributed by atoms with Crippen LogP contribution in [-0.4, -0.2) is 70.2 Å². The summed E-state index contributed by atoms with van der Waals surface area (Å²) in [5, 5.41) is 8.63. The first kappa shape index (κ1) is 22.6. The lowest BCUT2D eigenvalue weighted by Crippen LogP contribution is -2.51. The molecule has 170 valence electrons. The molecule has 1 aromatic carbocycles. The molecule has 1 fully saturated rings. The summed E-state index contributed by atoms with van der Waals surface area (Å²) in [4.78, 5) is 14.7. The zero-order valence-electron chi connectivity index (χ0n) is 18.0. The second-order valence-electron chi connectivity index (χ2n) is 7.64. The van der Waals surface area contributed by atoms with Gasteiger partial charge in [0, 0.05) is 26.2 Å². The number of aryl methyl sites for hydroxylation is 2. The second-order valence-corrected chi connectivity index (χ2v) is 10.5. The third kappa shape index (κ3) is 4.89. The van der Waals surface area contributed by atoms with Crippen molar-refractivity contribution in [3.63, 3.8) is 0 Å². The minimum absolute atomic E-state index is 0.0502. The highest BCUT2D eigenvalue weighted by Gasteiger charge is 2.30. The molecule has 11 heteroatoms. The molecule has 1 amide bonds. The molecule has 0 aliphatic carbocycles. The number of piperazine rings is 1. The average Bonchev–Trinajstić information content (AvgIpc) is 3.46. The Morgan fingerprint density at radius 2 is 1.91 bits per heavy atom. The lowest BCUT2D eigenvalue weighted by molar-refractivity contribution is -0.129. The van der Waals surface area contributed by atoms with Crippen molar-refractivity contribution in [3.05, 3.63) is 59.8 Å². The number of sulfonamides is 1. The Balaban J connectivity index is 1.31. The quantitative estimate of drug-likeness (QED) is 0.483. The van der Waals surface area contributed by atoms with Crippen LogP contribution >= 0.6 is 11.8 Å². The summed E-state index contributed by atoms with van der Waals surface area (Å²) < 4.78 is 34.6. The summed E-state index contributed by atoms with van der Waals surface area (Å²) in [7, 11) is -3.57. The average molecular weight is 476 g/mol. The van der Waals surface area contributed by atoms with E-state index in [9.17, 15) is 13.2 Å². The molecule has 3 heterocycles. The number of rotatable bonds is 7. The number of benzene rings is 1. The molecule has 3 aromatic rings. The van der Waals surface area contributed by atoms with Gasteiger partial charge in [-0.05, 0) is 49.2 Å². The van der Waals surface area contributed by atoms with E-state index in [0.717, 1.165) is 16.9 Å². The fourth-order valence-electron chi connectivity index (χ4n) is 3.45. The SMILES string of the molecule is Cc1ccc(S(=O)(=O)N2CCN(C(=O)CSc3nncn3Cc3ccco3)CC2)cc1C. The van der Waals surface area contributed by atoms with Crippen LogP contribution < -0.4 is 0 Å². The molecular formula is C21H25N5O4S2. The Kier molecular flexibility index (Phi) is 6.68. The summed E-state index contributed by atoms with van der Waals surface area (Å²) in [6.07, 6.45) is 3.21. The van der Waals surface area contributed by atoms with E-state index >= 15 is 0 Å². The molecule has 0 N–H and O–H groups in total. The van der Waals surface area contributed by atoms with Gasteiger partial charge >= 0.3 is 0 Å². The topological polar surface area (TPSA) is 102 Å². The Hall–Kier alpha value is -2.63. The maximum Gasteiger partial charge on any atom is 0.243 e. The van der Waals surface area contributed by atoms with Crippen LogP contribution in [0.4, 0.5) is 0 Å². The van der Waals surface area contributed by atoms with Crippen LogP contribution in [-0.2, 0) is 21.4 Å². The zero-order chi connectivity index (χ0) is 22.7. The molecule has 1 saturated heterocycles. The molecule has 0 unspecified atom stereocenters. The van der Waals surface area contributed by atoms with Gasteiger partial charge in [0.1, 0.15) is 12.1 Å². The lowest BCUT2D eigenvalue weighted by atomic mass is 10.1. The number of thioether (sulfide) groups is 1. The highest BCUT2D eigenvalue weighted by molar-refractivity contribution is 7.99. The maximum absolute atomic E-state index is 13.0. The van der Waals surface area contributed by atoms with Crippen molar-refractivity contribution in [2.24, 2.45) is 0 Å². The predicted molar refractivity (Wildman–Crippen MR) is 120 cm³/mol. The van der Waals surface area contributed by atoms with Crippen LogP contribution in [0.2, 0.25) is 0 Å². The van der Waals surface area contributed by atoms with Crippen LogP contribution in [0, 0.1) is 13.8 Å². The van der Waals surface area contributed by atoms with E-state index < -0.39 is 10.0 Å². The van der Waals surface area contributed by atoms with Crippen molar-refractivity contribution in [1.82, 2.24) is 24.0 Å². The van der Waals surface area contributed by atoms with Crippen molar-refractivity contribution in [3.8, 4) is 0 Å². The Bertz CT molecular complexity index is 1180. The number of hydrogen-bond donors (Lipinski definition) is 0. The van der Waals surface area contributed by atoms with Gasteiger partial charge < -0.3 is 13.9 Å². The first-order valence-corrected chi connectivity index (χ1v) is 12.7. The van der Waals surface area contributed by atoms with Crippen LogP contribution in [0.15, 0.2) is 57.4 Å². The van der Waals surface area contributed by atoms with Crippen molar-refractivity contribution in [2.75, 3.05) is 31.9 Å². The number of hydrogen-bond acceptors (Lipinski definition) is 7. The van der Waals surface area contributed by atoms with E-state index in [0.29, 0.717) is 29.7 Å². The Morgan fingerprint density at radius 3 is 2.59 bits per heavy atom. The zero-order valence-corrected chi connectivity index (χ0v) is 19.6. The predicted octanol–water partition coefficient (Wildman–Crippen LogP) is 2.16.